The number of nitrogens with zero attached hydrogens (tertiary/aromatic N) is 2. The van der Waals surface area contributed by atoms with Gasteiger partial charge in [-0.3, -0.25) is 14.4 Å². The maximum Gasteiger partial charge on any atom is 0.269 e. The fourth-order valence-corrected chi connectivity index (χ4v) is 6.44. The van der Waals surface area contributed by atoms with E-state index in [9.17, 15) is 22.8 Å². The summed E-state index contributed by atoms with van der Waals surface area (Å²) in [5.41, 5.74) is 3.03. The fourth-order valence-electron chi connectivity index (χ4n) is 4.84. The van der Waals surface area contributed by atoms with Gasteiger partial charge in [0.05, 0.1) is 5.56 Å². The molecular formula is C32H37N3O5S. The average molecular weight is 576 g/mol. The van der Waals surface area contributed by atoms with Crippen molar-refractivity contribution in [3.05, 3.63) is 101 Å². The van der Waals surface area contributed by atoms with E-state index in [1.807, 2.05) is 75.4 Å². The van der Waals surface area contributed by atoms with Crippen LogP contribution in [0.25, 0.3) is 0 Å². The van der Waals surface area contributed by atoms with Crippen LogP contribution in [0.15, 0.2) is 83.8 Å². The number of amides is 3. The number of rotatable bonds is 12. The summed E-state index contributed by atoms with van der Waals surface area (Å²) >= 11 is 0. The van der Waals surface area contributed by atoms with Crippen molar-refractivity contribution in [3.8, 4) is 0 Å². The molecule has 0 aromatic heterocycles. The third-order valence-electron chi connectivity index (χ3n) is 7.09. The van der Waals surface area contributed by atoms with Gasteiger partial charge in [0.15, 0.2) is 0 Å². The molecule has 8 nitrogen and oxygen atoms in total. The Balaban J connectivity index is 1.56. The molecule has 1 atom stereocenters. The summed E-state index contributed by atoms with van der Waals surface area (Å²) in [5, 5.41) is 3.00. The number of hydrogen-bond acceptors (Lipinski definition) is 5. The van der Waals surface area contributed by atoms with Crippen molar-refractivity contribution in [2.45, 2.75) is 57.5 Å². The number of fused-ring (bicyclic) bond motifs is 1. The van der Waals surface area contributed by atoms with Gasteiger partial charge in [-0.2, -0.15) is 0 Å². The summed E-state index contributed by atoms with van der Waals surface area (Å²) in [6.45, 7) is 6.57. The molecule has 1 heterocycles. The minimum atomic E-state index is -3.96. The Hall–Kier alpha value is -3.98. The summed E-state index contributed by atoms with van der Waals surface area (Å²) in [5.74, 6) is -0.871. The highest BCUT2D eigenvalue weighted by molar-refractivity contribution is 7.90. The molecule has 3 aromatic rings. The standard InChI is InChI=1S/C32H37N3O5S/c1-23(2)21-33-31(37)28(20-25-10-5-4-6-11-25)34(22-26-17-15-24(3)16-18-26)30(36)14-9-19-35-32(38)27-12-7-8-13-29(27)41(35,39)40/h4-8,10-13,15-18,23,28H,9,14,19-22H2,1-3H3,(H,33,37)/t28-/m1/s1. The first-order chi connectivity index (χ1) is 19.6. The smallest absolute Gasteiger partial charge is 0.269 e. The molecule has 4 rings (SSSR count). The Bertz CT molecular complexity index is 1490. The van der Waals surface area contributed by atoms with Crippen LogP contribution in [-0.4, -0.2) is 54.5 Å². The van der Waals surface area contributed by atoms with Crippen LogP contribution in [0.5, 0.6) is 0 Å². The highest BCUT2D eigenvalue weighted by Gasteiger charge is 2.40. The molecule has 0 spiro atoms. The molecule has 1 aliphatic heterocycles. The second-order valence-electron chi connectivity index (χ2n) is 10.8. The van der Waals surface area contributed by atoms with E-state index in [2.05, 4.69) is 5.32 Å². The Labute approximate surface area is 242 Å². The third kappa shape index (κ3) is 7.21. The van der Waals surface area contributed by atoms with E-state index in [1.54, 1.807) is 17.0 Å². The average Bonchev–Trinajstić information content (AvgIpc) is 3.15. The molecule has 0 saturated carbocycles. The lowest BCUT2D eigenvalue weighted by atomic mass is 10.0. The summed E-state index contributed by atoms with van der Waals surface area (Å²) < 4.78 is 26.8. The van der Waals surface area contributed by atoms with Gasteiger partial charge in [-0.05, 0) is 42.5 Å². The lowest BCUT2D eigenvalue weighted by Gasteiger charge is -2.32. The Morgan fingerprint density at radius 1 is 0.902 bits per heavy atom. The zero-order valence-corrected chi connectivity index (χ0v) is 24.6. The van der Waals surface area contributed by atoms with Crippen LogP contribution in [0.4, 0.5) is 0 Å². The molecule has 9 heteroatoms. The van der Waals surface area contributed by atoms with Gasteiger partial charge in [0, 0.05) is 32.5 Å². The maximum atomic E-state index is 13.8. The predicted octanol–water partition coefficient (Wildman–Crippen LogP) is 4.33. The number of aryl methyl sites for hydroxylation is 1. The first-order valence-corrected chi connectivity index (χ1v) is 15.3. The Kier molecular flexibility index (Phi) is 9.60. The van der Waals surface area contributed by atoms with Crippen LogP contribution in [0.3, 0.4) is 0 Å². The van der Waals surface area contributed by atoms with E-state index in [0.717, 1.165) is 21.0 Å². The molecule has 0 saturated heterocycles. The first-order valence-electron chi connectivity index (χ1n) is 13.9. The van der Waals surface area contributed by atoms with Crippen molar-refractivity contribution < 1.29 is 22.8 Å². The van der Waals surface area contributed by atoms with Crippen LogP contribution in [0.2, 0.25) is 0 Å². The quantitative estimate of drug-likeness (QED) is 0.346. The predicted molar refractivity (Wildman–Crippen MR) is 157 cm³/mol. The molecule has 0 bridgehead atoms. The topological polar surface area (TPSA) is 104 Å². The van der Waals surface area contributed by atoms with Crippen LogP contribution >= 0.6 is 0 Å². The van der Waals surface area contributed by atoms with Crippen molar-refractivity contribution in [2.75, 3.05) is 13.1 Å². The summed E-state index contributed by atoms with van der Waals surface area (Å²) in [4.78, 5) is 41.7. The van der Waals surface area contributed by atoms with Crippen LogP contribution in [0, 0.1) is 12.8 Å². The van der Waals surface area contributed by atoms with Crippen LogP contribution in [-0.2, 0) is 32.6 Å². The van der Waals surface area contributed by atoms with Gasteiger partial charge in [0.2, 0.25) is 11.8 Å². The second-order valence-corrected chi connectivity index (χ2v) is 12.7. The molecular weight excluding hydrogens is 538 g/mol. The van der Waals surface area contributed by atoms with Crippen molar-refractivity contribution in [1.29, 1.82) is 0 Å². The number of carbonyl (C=O) groups is 3. The molecule has 3 aromatic carbocycles. The zero-order valence-electron chi connectivity index (χ0n) is 23.7. The van der Waals surface area contributed by atoms with Crippen molar-refractivity contribution in [3.63, 3.8) is 0 Å². The number of benzene rings is 3. The minimum absolute atomic E-state index is 0.0120. The van der Waals surface area contributed by atoms with Gasteiger partial charge in [0.1, 0.15) is 10.9 Å². The van der Waals surface area contributed by atoms with E-state index >= 15 is 0 Å². The fraction of sp³-hybridized carbons (Fsp3) is 0.344. The monoisotopic (exact) mass is 575 g/mol. The third-order valence-corrected chi connectivity index (χ3v) is 8.93. The summed E-state index contributed by atoms with van der Waals surface area (Å²) in [7, 11) is -3.96. The van der Waals surface area contributed by atoms with Gasteiger partial charge in [0.25, 0.3) is 15.9 Å². The van der Waals surface area contributed by atoms with E-state index < -0.39 is 22.0 Å². The van der Waals surface area contributed by atoms with E-state index in [-0.39, 0.29) is 54.1 Å². The van der Waals surface area contributed by atoms with Crippen LogP contribution < -0.4 is 5.32 Å². The van der Waals surface area contributed by atoms with Gasteiger partial charge in [-0.15, -0.1) is 0 Å². The number of nitrogens with one attached hydrogen (secondary N) is 1. The van der Waals surface area contributed by atoms with E-state index in [4.69, 9.17) is 0 Å². The van der Waals surface area contributed by atoms with Gasteiger partial charge in [-0.1, -0.05) is 86.1 Å². The lowest BCUT2D eigenvalue weighted by Crippen LogP contribution is -2.51. The van der Waals surface area contributed by atoms with E-state index in [1.165, 1.54) is 12.1 Å². The Morgan fingerprint density at radius 2 is 1.56 bits per heavy atom. The molecule has 1 aliphatic rings. The molecule has 41 heavy (non-hydrogen) atoms. The largest absolute Gasteiger partial charge is 0.354 e. The van der Waals surface area contributed by atoms with Crippen molar-refractivity contribution in [2.24, 2.45) is 5.92 Å². The number of sulfonamides is 1. The van der Waals surface area contributed by atoms with Gasteiger partial charge in [-0.25, -0.2) is 12.7 Å². The summed E-state index contributed by atoms with van der Waals surface area (Å²) in [6, 6.07) is 22.7. The number of carbonyl (C=O) groups excluding carboxylic acids is 3. The SMILES string of the molecule is Cc1ccc(CN(C(=O)CCCN2C(=O)c3ccccc3S2(=O)=O)[C@H](Cc2ccccc2)C(=O)NCC(C)C)cc1. The van der Waals surface area contributed by atoms with Crippen molar-refractivity contribution in [1.82, 2.24) is 14.5 Å². The molecule has 0 fully saturated rings. The molecule has 3 amide bonds. The first kappa shape index (κ1) is 30.0. The second kappa shape index (κ2) is 13.1. The molecule has 216 valence electrons. The Morgan fingerprint density at radius 3 is 2.22 bits per heavy atom. The number of hydrogen-bond donors (Lipinski definition) is 1. The molecule has 1 N–H and O–H groups in total. The maximum absolute atomic E-state index is 13.8. The van der Waals surface area contributed by atoms with Gasteiger partial charge < -0.3 is 10.2 Å². The molecule has 0 unspecified atom stereocenters. The summed E-state index contributed by atoms with van der Waals surface area (Å²) in [6.07, 6.45) is 0.439. The van der Waals surface area contributed by atoms with Crippen molar-refractivity contribution >= 4 is 27.7 Å². The zero-order chi connectivity index (χ0) is 29.6. The van der Waals surface area contributed by atoms with Crippen LogP contribution in [0.1, 0.15) is 53.7 Å². The lowest BCUT2D eigenvalue weighted by molar-refractivity contribution is -0.141. The molecule has 0 aliphatic carbocycles. The highest BCUT2D eigenvalue weighted by Crippen LogP contribution is 2.30. The molecule has 0 radical (unpaired) electrons. The highest BCUT2D eigenvalue weighted by atomic mass is 32.2. The minimum Gasteiger partial charge on any atom is -0.354 e. The van der Waals surface area contributed by atoms with E-state index in [0.29, 0.717) is 13.0 Å². The van der Waals surface area contributed by atoms with Gasteiger partial charge >= 0.3 is 0 Å². The normalized spacial score (nSPS) is 14.5.